The van der Waals surface area contributed by atoms with E-state index in [1.807, 2.05) is 6.07 Å². The van der Waals surface area contributed by atoms with Crippen LogP contribution in [0.3, 0.4) is 0 Å². The van der Waals surface area contributed by atoms with Crippen LogP contribution in [0.25, 0.3) is 0 Å². The van der Waals surface area contributed by atoms with Crippen LogP contribution in [0.2, 0.25) is 0 Å². The highest BCUT2D eigenvalue weighted by atomic mass is 32.1. The Balaban J connectivity index is 1.81. The molecule has 1 aromatic rings. The molecule has 0 aromatic carbocycles. The lowest BCUT2D eigenvalue weighted by molar-refractivity contribution is -0.120. The quantitative estimate of drug-likeness (QED) is 0.806. The molecule has 82 valence electrons. The van der Waals surface area contributed by atoms with Gasteiger partial charge >= 0.3 is 0 Å². The molecule has 2 rings (SSSR count). The summed E-state index contributed by atoms with van der Waals surface area (Å²) in [5, 5.41) is 6.28. The van der Waals surface area contributed by atoms with E-state index in [4.69, 9.17) is 0 Å². The average molecular weight is 224 g/mol. The molecular formula is C11H16N2OS. The van der Waals surface area contributed by atoms with Crippen LogP contribution >= 0.6 is 11.3 Å². The van der Waals surface area contributed by atoms with Crippen molar-refractivity contribution in [3.8, 4) is 0 Å². The predicted molar refractivity (Wildman–Crippen MR) is 62.2 cm³/mol. The third kappa shape index (κ3) is 3.04. The van der Waals surface area contributed by atoms with Crippen LogP contribution in [-0.2, 0) is 11.2 Å². The molecule has 0 aliphatic carbocycles. The largest absolute Gasteiger partial charge is 0.352 e. The van der Waals surface area contributed by atoms with Gasteiger partial charge in [0.15, 0.2) is 0 Å². The second-order valence-electron chi connectivity index (χ2n) is 3.95. The molecule has 1 aromatic heterocycles. The summed E-state index contributed by atoms with van der Waals surface area (Å²) < 4.78 is 0. The van der Waals surface area contributed by atoms with Crippen molar-refractivity contribution in [1.82, 2.24) is 10.6 Å². The van der Waals surface area contributed by atoms with Crippen molar-refractivity contribution in [1.29, 1.82) is 0 Å². The molecule has 0 spiro atoms. The number of nitrogens with one attached hydrogen (secondary N) is 2. The van der Waals surface area contributed by atoms with Crippen molar-refractivity contribution in [2.75, 3.05) is 13.1 Å². The second kappa shape index (κ2) is 4.77. The lowest BCUT2D eigenvalue weighted by Crippen LogP contribution is -2.36. The molecule has 0 radical (unpaired) electrons. The summed E-state index contributed by atoms with van der Waals surface area (Å²) in [6.07, 6.45) is 1.57. The van der Waals surface area contributed by atoms with E-state index in [9.17, 15) is 4.79 Å². The Morgan fingerprint density at radius 2 is 2.53 bits per heavy atom. The minimum absolute atomic E-state index is 0.144. The standard InChI is InChI=1S/C11H16N2OS/c1-8-2-3-10(15-8)6-11(14)13-9-4-5-12-7-9/h2-3,9,12H,4-7H2,1H3,(H,13,14). The monoisotopic (exact) mass is 224 g/mol. The topological polar surface area (TPSA) is 41.1 Å². The fraction of sp³-hybridized carbons (Fsp3) is 0.545. The van der Waals surface area contributed by atoms with Crippen LogP contribution < -0.4 is 10.6 Å². The maximum atomic E-state index is 11.6. The van der Waals surface area contributed by atoms with Crippen LogP contribution in [0.15, 0.2) is 12.1 Å². The fourth-order valence-corrected chi connectivity index (χ4v) is 2.68. The van der Waals surface area contributed by atoms with Crippen molar-refractivity contribution in [2.45, 2.75) is 25.8 Å². The highest BCUT2D eigenvalue weighted by Crippen LogP contribution is 2.15. The highest BCUT2D eigenvalue weighted by Gasteiger charge is 2.16. The highest BCUT2D eigenvalue weighted by molar-refractivity contribution is 7.12. The third-order valence-corrected chi connectivity index (χ3v) is 3.56. The van der Waals surface area contributed by atoms with Crippen molar-refractivity contribution >= 4 is 17.2 Å². The van der Waals surface area contributed by atoms with Gasteiger partial charge in [-0.3, -0.25) is 4.79 Å². The number of carbonyl (C=O) groups excluding carboxylic acids is 1. The molecule has 2 heterocycles. The maximum Gasteiger partial charge on any atom is 0.225 e. The Kier molecular flexibility index (Phi) is 3.38. The van der Waals surface area contributed by atoms with Gasteiger partial charge in [-0.2, -0.15) is 0 Å². The van der Waals surface area contributed by atoms with Crippen LogP contribution in [0.1, 0.15) is 16.2 Å². The van der Waals surface area contributed by atoms with Gasteiger partial charge < -0.3 is 10.6 Å². The normalized spacial score (nSPS) is 20.5. The van der Waals surface area contributed by atoms with Gasteiger partial charge in [0, 0.05) is 22.3 Å². The zero-order chi connectivity index (χ0) is 10.7. The molecule has 0 saturated carbocycles. The van der Waals surface area contributed by atoms with Gasteiger partial charge in [-0.1, -0.05) is 0 Å². The van der Waals surface area contributed by atoms with Crippen LogP contribution in [0.5, 0.6) is 0 Å². The minimum atomic E-state index is 0.144. The van der Waals surface area contributed by atoms with Crippen LogP contribution in [0.4, 0.5) is 0 Å². The molecule has 1 saturated heterocycles. The summed E-state index contributed by atoms with van der Waals surface area (Å²) >= 11 is 1.70. The van der Waals surface area contributed by atoms with E-state index < -0.39 is 0 Å². The van der Waals surface area contributed by atoms with Crippen LogP contribution in [0, 0.1) is 6.92 Å². The summed E-state index contributed by atoms with van der Waals surface area (Å²) in [7, 11) is 0. The first kappa shape index (κ1) is 10.6. The summed E-state index contributed by atoms with van der Waals surface area (Å²) in [5.74, 6) is 0.144. The molecule has 15 heavy (non-hydrogen) atoms. The van der Waals surface area contributed by atoms with Gasteiger partial charge in [0.1, 0.15) is 0 Å². The Bertz CT molecular complexity index is 342. The Morgan fingerprint density at radius 3 is 3.13 bits per heavy atom. The summed E-state index contributed by atoms with van der Waals surface area (Å²) in [6, 6.07) is 4.43. The van der Waals surface area contributed by atoms with Gasteiger partial charge in [0.05, 0.1) is 6.42 Å². The second-order valence-corrected chi connectivity index (χ2v) is 5.32. The summed E-state index contributed by atoms with van der Waals surface area (Å²) in [6.45, 7) is 3.99. The first-order valence-electron chi connectivity index (χ1n) is 5.29. The van der Waals surface area contributed by atoms with Gasteiger partial charge in [-0.25, -0.2) is 0 Å². The van der Waals surface area contributed by atoms with E-state index in [0.717, 1.165) is 24.4 Å². The number of thiophene rings is 1. The number of hydrogen-bond acceptors (Lipinski definition) is 3. The SMILES string of the molecule is Cc1ccc(CC(=O)NC2CCNC2)s1. The van der Waals surface area contributed by atoms with Crippen molar-refractivity contribution < 1.29 is 4.79 Å². The summed E-state index contributed by atoms with van der Waals surface area (Å²) in [4.78, 5) is 14.1. The molecule has 1 aliphatic rings. The number of carbonyl (C=O) groups is 1. The van der Waals surface area contributed by atoms with E-state index >= 15 is 0 Å². The molecule has 1 aliphatic heterocycles. The van der Waals surface area contributed by atoms with E-state index in [1.54, 1.807) is 11.3 Å². The predicted octanol–water partition coefficient (Wildman–Crippen LogP) is 1.08. The van der Waals surface area contributed by atoms with Gasteiger partial charge in [0.2, 0.25) is 5.91 Å². The number of rotatable bonds is 3. The van der Waals surface area contributed by atoms with Crippen molar-refractivity contribution in [3.63, 3.8) is 0 Å². The lowest BCUT2D eigenvalue weighted by atomic mass is 10.2. The minimum Gasteiger partial charge on any atom is -0.352 e. The molecular weight excluding hydrogens is 208 g/mol. The van der Waals surface area contributed by atoms with E-state index in [-0.39, 0.29) is 5.91 Å². The number of aryl methyl sites for hydroxylation is 1. The number of hydrogen-bond donors (Lipinski definition) is 2. The van der Waals surface area contributed by atoms with E-state index in [2.05, 4.69) is 23.6 Å². The fourth-order valence-electron chi connectivity index (χ4n) is 1.79. The molecule has 4 heteroatoms. The third-order valence-electron chi connectivity index (χ3n) is 2.56. The number of amides is 1. The van der Waals surface area contributed by atoms with Gasteiger partial charge in [0.25, 0.3) is 0 Å². The molecule has 1 atom stereocenters. The smallest absolute Gasteiger partial charge is 0.225 e. The molecule has 0 bridgehead atoms. The zero-order valence-corrected chi connectivity index (χ0v) is 9.69. The van der Waals surface area contributed by atoms with Crippen LogP contribution in [-0.4, -0.2) is 25.0 Å². The molecule has 1 unspecified atom stereocenters. The van der Waals surface area contributed by atoms with Crippen molar-refractivity contribution in [3.05, 3.63) is 21.9 Å². The maximum absolute atomic E-state index is 11.6. The van der Waals surface area contributed by atoms with E-state index in [0.29, 0.717) is 12.5 Å². The molecule has 2 N–H and O–H groups in total. The average Bonchev–Trinajstić information content (AvgIpc) is 2.77. The Morgan fingerprint density at radius 1 is 1.67 bits per heavy atom. The lowest BCUT2D eigenvalue weighted by Gasteiger charge is -2.10. The molecule has 3 nitrogen and oxygen atoms in total. The van der Waals surface area contributed by atoms with Gasteiger partial charge in [-0.05, 0) is 32.0 Å². The Labute approximate surface area is 93.9 Å². The van der Waals surface area contributed by atoms with E-state index in [1.165, 1.54) is 4.88 Å². The Hall–Kier alpha value is -0.870. The first-order valence-corrected chi connectivity index (χ1v) is 6.11. The summed E-state index contributed by atoms with van der Waals surface area (Å²) in [5.41, 5.74) is 0. The molecule has 1 amide bonds. The first-order chi connectivity index (χ1) is 7.24. The van der Waals surface area contributed by atoms with Gasteiger partial charge in [-0.15, -0.1) is 11.3 Å². The molecule has 1 fully saturated rings. The zero-order valence-electron chi connectivity index (χ0n) is 8.88. The van der Waals surface area contributed by atoms with Crippen molar-refractivity contribution in [2.24, 2.45) is 0 Å².